The molecule has 1 atom stereocenters. The lowest BCUT2D eigenvalue weighted by atomic mass is 10.0. The minimum absolute atomic E-state index is 0.778. The maximum Gasteiger partial charge on any atom is -0.0215 e. The van der Waals surface area contributed by atoms with Gasteiger partial charge >= 0.3 is 0 Å². The lowest BCUT2D eigenvalue weighted by molar-refractivity contribution is 0.654. The molecule has 0 radical (unpaired) electrons. The molecule has 0 N–H and O–H groups in total. The van der Waals surface area contributed by atoms with Crippen LogP contribution in [0.25, 0.3) is 0 Å². The van der Waals surface area contributed by atoms with Gasteiger partial charge in [-0.1, -0.05) is 96.4 Å². The Morgan fingerprint density at radius 3 is 1.58 bits per heavy atom. The van der Waals surface area contributed by atoms with E-state index in [9.17, 15) is 0 Å². The second kappa shape index (κ2) is 27.2. The molecule has 0 aliphatic carbocycles. The van der Waals surface area contributed by atoms with E-state index in [2.05, 4.69) is 98.4 Å². The number of hydrogen-bond acceptors (Lipinski definition) is 1. The van der Waals surface area contributed by atoms with E-state index in [1.165, 1.54) is 29.5 Å². The Morgan fingerprint density at radius 2 is 1.38 bits per heavy atom. The van der Waals surface area contributed by atoms with Gasteiger partial charge in [0.25, 0.3) is 0 Å². The molecule has 1 rings (SSSR count). The van der Waals surface area contributed by atoms with Gasteiger partial charge in [-0.2, -0.15) is 12.6 Å². The number of allylic oxidation sites excluding steroid dienone is 2. The predicted molar refractivity (Wildman–Crippen MR) is 122 cm³/mol. The van der Waals surface area contributed by atoms with E-state index in [4.69, 9.17) is 0 Å². The zero-order chi connectivity index (χ0) is 20.0. The molecule has 0 fully saturated rings. The minimum Gasteiger partial charge on any atom is -0.183 e. The highest BCUT2D eigenvalue weighted by molar-refractivity contribution is 7.79. The zero-order valence-electron chi connectivity index (χ0n) is 18.5. The molecule has 1 heteroatoms. The van der Waals surface area contributed by atoms with Crippen molar-refractivity contribution in [1.82, 2.24) is 0 Å². The monoisotopic (exact) mass is 354 g/mol. The molecule has 1 aromatic carbocycles. The molecular formula is C23H46S. The first kappa shape index (κ1) is 31.1. The normalized spacial score (nSPS) is 10.2. The Labute approximate surface area is 160 Å². The Hall–Kier alpha value is -0.690. The average molecular weight is 355 g/mol. The SMILES string of the molecule is C/C=C(\C)C(C)CC.CC.CCC.CCc1ccc(C)cc1.CS. The third kappa shape index (κ3) is 23.6. The van der Waals surface area contributed by atoms with Gasteiger partial charge in [0.15, 0.2) is 0 Å². The highest BCUT2D eigenvalue weighted by Gasteiger charge is 1.96. The number of rotatable bonds is 3. The number of hydrogen-bond donors (Lipinski definition) is 1. The van der Waals surface area contributed by atoms with E-state index in [1.807, 2.05) is 13.8 Å². The maximum atomic E-state index is 3.53. The standard InChI is InChI=1S/C9H12.C8H16.C3H8.C2H6.CH4S/c1-3-9-6-4-8(2)5-7-9;1-5-7(3)8(4)6-2;1-3-2;2*1-2/h4-7H,3H2,1-2H3;5,8H,6H2,1-4H3;3H2,1-2H3;1-2H3;2H,1H3/b;7-5+;;;. The summed E-state index contributed by atoms with van der Waals surface area (Å²) >= 11 is 3.53. The van der Waals surface area contributed by atoms with E-state index >= 15 is 0 Å². The third-order valence-electron chi connectivity index (χ3n) is 3.37. The van der Waals surface area contributed by atoms with Crippen LogP contribution in [0.3, 0.4) is 0 Å². The summed E-state index contributed by atoms with van der Waals surface area (Å²) in [6.45, 7) is 21.3. The van der Waals surface area contributed by atoms with Gasteiger partial charge in [-0.15, -0.1) is 0 Å². The highest BCUT2D eigenvalue weighted by atomic mass is 32.1. The fourth-order valence-electron chi connectivity index (χ4n) is 1.43. The lowest BCUT2D eigenvalue weighted by Gasteiger charge is -2.06. The molecule has 0 heterocycles. The minimum atomic E-state index is 0.778. The summed E-state index contributed by atoms with van der Waals surface area (Å²) in [5.74, 6) is 0.778. The Kier molecular flexibility index (Phi) is 35.2. The quantitative estimate of drug-likeness (QED) is 0.408. The molecule has 1 aromatic rings. The van der Waals surface area contributed by atoms with Crippen LogP contribution in [0.2, 0.25) is 0 Å². The summed E-state index contributed by atoms with van der Waals surface area (Å²) in [4.78, 5) is 0. The van der Waals surface area contributed by atoms with Crippen LogP contribution in [0.1, 0.15) is 86.3 Å². The Morgan fingerprint density at radius 1 is 1.00 bits per heavy atom. The number of thiol groups is 1. The lowest BCUT2D eigenvalue weighted by Crippen LogP contribution is -1.91. The van der Waals surface area contributed by atoms with Crippen LogP contribution in [0, 0.1) is 12.8 Å². The summed E-state index contributed by atoms with van der Waals surface area (Å²) < 4.78 is 0. The third-order valence-corrected chi connectivity index (χ3v) is 3.37. The van der Waals surface area contributed by atoms with Crippen LogP contribution in [-0.4, -0.2) is 6.26 Å². The first-order valence-electron chi connectivity index (χ1n) is 9.59. The van der Waals surface area contributed by atoms with Crippen LogP contribution < -0.4 is 0 Å². The number of benzene rings is 1. The van der Waals surface area contributed by atoms with Crippen LogP contribution in [0.4, 0.5) is 0 Å². The molecule has 144 valence electrons. The Bertz CT molecular complexity index is 336. The van der Waals surface area contributed by atoms with Gasteiger partial charge in [0.05, 0.1) is 0 Å². The molecule has 0 aliphatic rings. The maximum absolute atomic E-state index is 3.53. The van der Waals surface area contributed by atoms with E-state index in [0.717, 1.165) is 12.3 Å². The van der Waals surface area contributed by atoms with Gasteiger partial charge < -0.3 is 0 Å². The van der Waals surface area contributed by atoms with E-state index < -0.39 is 0 Å². The molecule has 0 spiro atoms. The molecule has 0 nitrogen and oxygen atoms in total. The van der Waals surface area contributed by atoms with Crippen molar-refractivity contribution in [3.63, 3.8) is 0 Å². The fourth-order valence-corrected chi connectivity index (χ4v) is 1.43. The summed E-state index contributed by atoms with van der Waals surface area (Å²) in [6.07, 6.45) is 7.53. The van der Waals surface area contributed by atoms with Crippen molar-refractivity contribution in [2.75, 3.05) is 6.26 Å². The highest BCUT2D eigenvalue weighted by Crippen LogP contribution is 2.11. The van der Waals surface area contributed by atoms with E-state index in [0.29, 0.717) is 0 Å². The van der Waals surface area contributed by atoms with Crippen molar-refractivity contribution in [2.45, 2.75) is 88.5 Å². The van der Waals surface area contributed by atoms with E-state index in [1.54, 1.807) is 6.26 Å². The molecule has 0 bridgehead atoms. The average Bonchev–Trinajstić information content (AvgIpc) is 2.65. The molecular weight excluding hydrogens is 308 g/mol. The van der Waals surface area contributed by atoms with Gasteiger partial charge in [0, 0.05) is 0 Å². The van der Waals surface area contributed by atoms with Crippen molar-refractivity contribution in [3.05, 3.63) is 47.0 Å². The van der Waals surface area contributed by atoms with Crippen LogP contribution >= 0.6 is 12.6 Å². The molecule has 0 saturated carbocycles. The molecule has 0 saturated heterocycles. The van der Waals surface area contributed by atoms with Crippen LogP contribution in [0.15, 0.2) is 35.9 Å². The molecule has 0 aliphatic heterocycles. The zero-order valence-corrected chi connectivity index (χ0v) is 19.4. The first-order chi connectivity index (χ1) is 11.5. The summed E-state index contributed by atoms with van der Waals surface area (Å²) in [5, 5.41) is 0. The first-order valence-corrected chi connectivity index (χ1v) is 10.5. The van der Waals surface area contributed by atoms with Crippen molar-refractivity contribution >= 4 is 12.6 Å². The molecule has 0 aromatic heterocycles. The van der Waals surface area contributed by atoms with Gasteiger partial charge in [-0.3, -0.25) is 0 Å². The van der Waals surface area contributed by atoms with Gasteiger partial charge in [0.2, 0.25) is 0 Å². The predicted octanol–water partition coefficient (Wildman–Crippen LogP) is 8.54. The van der Waals surface area contributed by atoms with E-state index in [-0.39, 0.29) is 0 Å². The van der Waals surface area contributed by atoms with Crippen molar-refractivity contribution < 1.29 is 0 Å². The van der Waals surface area contributed by atoms with Crippen molar-refractivity contribution in [2.24, 2.45) is 5.92 Å². The topological polar surface area (TPSA) is 0 Å². The van der Waals surface area contributed by atoms with Gasteiger partial charge in [-0.05, 0) is 51.3 Å². The van der Waals surface area contributed by atoms with Crippen LogP contribution in [-0.2, 0) is 6.42 Å². The Balaban J connectivity index is -0.000000122. The molecule has 1 unspecified atom stereocenters. The summed E-state index contributed by atoms with van der Waals surface area (Å²) in [6, 6.07) is 8.66. The molecule has 24 heavy (non-hydrogen) atoms. The molecule has 0 amide bonds. The van der Waals surface area contributed by atoms with Crippen LogP contribution in [0.5, 0.6) is 0 Å². The smallest absolute Gasteiger partial charge is 0.0215 e. The number of aryl methyl sites for hydroxylation is 2. The summed E-state index contributed by atoms with van der Waals surface area (Å²) in [5.41, 5.74) is 4.26. The summed E-state index contributed by atoms with van der Waals surface area (Å²) in [7, 11) is 0. The largest absolute Gasteiger partial charge is 0.183 e. The second-order valence-corrected chi connectivity index (χ2v) is 5.39. The van der Waals surface area contributed by atoms with Crippen molar-refractivity contribution in [3.8, 4) is 0 Å². The van der Waals surface area contributed by atoms with Crippen molar-refractivity contribution in [1.29, 1.82) is 0 Å². The second-order valence-electron chi connectivity index (χ2n) is 5.39. The van der Waals surface area contributed by atoms with Gasteiger partial charge in [-0.25, -0.2) is 0 Å². The van der Waals surface area contributed by atoms with Gasteiger partial charge in [0.1, 0.15) is 0 Å². The fraction of sp³-hybridized carbons (Fsp3) is 0.652.